The van der Waals surface area contributed by atoms with Crippen LogP contribution in [-0.2, 0) is 5.88 Å². The van der Waals surface area contributed by atoms with E-state index < -0.39 is 0 Å². The Morgan fingerprint density at radius 2 is 1.94 bits per heavy atom. The smallest absolute Gasteiger partial charge is 0.223 e. The average Bonchev–Trinajstić information content (AvgIpc) is 2.33. The van der Waals surface area contributed by atoms with Gasteiger partial charge in [0.15, 0.2) is 5.75 Å². The fourth-order valence-corrected chi connectivity index (χ4v) is 1.50. The second-order valence-electron chi connectivity index (χ2n) is 3.29. The third kappa shape index (κ3) is 2.31. The van der Waals surface area contributed by atoms with Gasteiger partial charge in [-0.2, -0.15) is 0 Å². The van der Waals surface area contributed by atoms with Gasteiger partial charge in [0.1, 0.15) is 0 Å². The van der Waals surface area contributed by atoms with Crippen LogP contribution >= 0.6 is 11.6 Å². The van der Waals surface area contributed by atoms with Crippen LogP contribution in [0.15, 0.2) is 36.7 Å². The van der Waals surface area contributed by atoms with Crippen molar-refractivity contribution >= 4 is 11.6 Å². The summed E-state index contributed by atoms with van der Waals surface area (Å²) in [7, 11) is 0. The van der Waals surface area contributed by atoms with E-state index in [-0.39, 0.29) is 0 Å². The van der Waals surface area contributed by atoms with Gasteiger partial charge in [-0.25, -0.2) is 4.98 Å². The molecule has 82 valence electrons. The van der Waals surface area contributed by atoms with Crippen LogP contribution in [0, 0.1) is 6.92 Å². The Hall–Kier alpha value is -1.61. The molecule has 0 aliphatic carbocycles. The van der Waals surface area contributed by atoms with E-state index in [1.165, 1.54) is 0 Å². The van der Waals surface area contributed by atoms with Gasteiger partial charge >= 0.3 is 0 Å². The first-order valence-corrected chi connectivity index (χ1v) is 5.44. The van der Waals surface area contributed by atoms with Crippen LogP contribution in [0.5, 0.6) is 11.6 Å². The molecule has 0 N–H and O–H groups in total. The summed E-state index contributed by atoms with van der Waals surface area (Å²) >= 11 is 5.80. The Labute approximate surface area is 99.1 Å². The SMILES string of the molecule is Cc1ncccc1Oc1ncccc1CCl. The first kappa shape index (κ1) is 10.9. The molecule has 0 saturated carbocycles. The standard InChI is InChI=1S/C12H11ClN2O/c1-9-11(5-3-6-14-9)16-12-10(8-13)4-2-7-15-12/h2-7H,8H2,1H3. The summed E-state index contributed by atoms with van der Waals surface area (Å²) in [6.07, 6.45) is 3.40. The normalized spacial score (nSPS) is 10.1. The molecular weight excluding hydrogens is 224 g/mol. The van der Waals surface area contributed by atoms with Gasteiger partial charge in [0, 0.05) is 18.0 Å². The second kappa shape index (κ2) is 4.94. The maximum atomic E-state index is 5.80. The number of nitrogens with zero attached hydrogens (tertiary/aromatic N) is 2. The lowest BCUT2D eigenvalue weighted by Gasteiger charge is -2.09. The van der Waals surface area contributed by atoms with Gasteiger partial charge in [-0.1, -0.05) is 6.07 Å². The molecule has 0 atom stereocenters. The predicted molar refractivity (Wildman–Crippen MR) is 62.8 cm³/mol. The van der Waals surface area contributed by atoms with Crippen LogP contribution in [-0.4, -0.2) is 9.97 Å². The highest BCUT2D eigenvalue weighted by Gasteiger charge is 2.06. The quantitative estimate of drug-likeness (QED) is 0.765. The molecule has 16 heavy (non-hydrogen) atoms. The molecule has 2 aromatic heterocycles. The van der Waals surface area contributed by atoms with E-state index in [0.717, 1.165) is 11.3 Å². The minimum Gasteiger partial charge on any atom is -0.437 e. The Bertz CT molecular complexity index is 488. The molecule has 0 aromatic carbocycles. The molecule has 0 radical (unpaired) electrons. The molecule has 0 bridgehead atoms. The molecule has 3 nitrogen and oxygen atoms in total. The molecule has 0 aliphatic heterocycles. The van der Waals surface area contributed by atoms with E-state index in [1.54, 1.807) is 12.4 Å². The lowest BCUT2D eigenvalue weighted by atomic mass is 10.3. The van der Waals surface area contributed by atoms with E-state index in [4.69, 9.17) is 16.3 Å². The predicted octanol–water partition coefficient (Wildman–Crippen LogP) is 3.32. The van der Waals surface area contributed by atoms with Crippen molar-refractivity contribution in [2.75, 3.05) is 0 Å². The van der Waals surface area contributed by atoms with Gasteiger partial charge in [0.2, 0.25) is 5.88 Å². The van der Waals surface area contributed by atoms with Gasteiger partial charge < -0.3 is 4.74 Å². The van der Waals surface area contributed by atoms with Gasteiger partial charge in [-0.05, 0) is 25.1 Å². The maximum Gasteiger partial charge on any atom is 0.223 e. The summed E-state index contributed by atoms with van der Waals surface area (Å²) in [4.78, 5) is 8.30. The van der Waals surface area contributed by atoms with Crippen molar-refractivity contribution in [1.82, 2.24) is 9.97 Å². The van der Waals surface area contributed by atoms with Crippen LogP contribution in [0.2, 0.25) is 0 Å². The molecule has 4 heteroatoms. The van der Waals surface area contributed by atoms with Crippen LogP contribution in [0.1, 0.15) is 11.3 Å². The van der Waals surface area contributed by atoms with Crippen LogP contribution in [0.4, 0.5) is 0 Å². The number of aryl methyl sites for hydroxylation is 1. The highest BCUT2D eigenvalue weighted by Crippen LogP contribution is 2.25. The monoisotopic (exact) mass is 234 g/mol. The number of pyridine rings is 2. The van der Waals surface area contributed by atoms with E-state index in [9.17, 15) is 0 Å². The molecule has 2 heterocycles. The summed E-state index contributed by atoms with van der Waals surface area (Å²) < 4.78 is 5.67. The van der Waals surface area contributed by atoms with Crippen molar-refractivity contribution in [2.45, 2.75) is 12.8 Å². The van der Waals surface area contributed by atoms with Crippen molar-refractivity contribution in [2.24, 2.45) is 0 Å². The summed E-state index contributed by atoms with van der Waals surface area (Å²) in [5.41, 5.74) is 1.70. The van der Waals surface area contributed by atoms with E-state index in [1.807, 2.05) is 31.2 Å². The van der Waals surface area contributed by atoms with Gasteiger partial charge in [0.05, 0.1) is 11.6 Å². The molecule has 2 rings (SSSR count). The molecule has 0 amide bonds. The van der Waals surface area contributed by atoms with Gasteiger partial charge in [-0.15, -0.1) is 11.6 Å². The number of halogens is 1. The third-order valence-electron chi connectivity index (χ3n) is 2.16. The zero-order valence-corrected chi connectivity index (χ0v) is 9.61. The van der Waals surface area contributed by atoms with Crippen LogP contribution < -0.4 is 4.74 Å². The fraction of sp³-hybridized carbons (Fsp3) is 0.167. The average molecular weight is 235 g/mol. The topological polar surface area (TPSA) is 35.0 Å². The first-order valence-electron chi connectivity index (χ1n) is 4.90. The minimum atomic E-state index is 0.377. The first-order chi connectivity index (χ1) is 7.81. The summed E-state index contributed by atoms with van der Waals surface area (Å²) in [6, 6.07) is 7.41. The molecule has 0 aliphatic rings. The number of ether oxygens (including phenoxy) is 1. The van der Waals surface area contributed by atoms with Gasteiger partial charge in [0.25, 0.3) is 0 Å². The van der Waals surface area contributed by atoms with Crippen molar-refractivity contribution in [1.29, 1.82) is 0 Å². The maximum absolute atomic E-state index is 5.80. The third-order valence-corrected chi connectivity index (χ3v) is 2.45. The number of rotatable bonds is 3. The highest BCUT2D eigenvalue weighted by atomic mass is 35.5. The van der Waals surface area contributed by atoms with Crippen LogP contribution in [0.25, 0.3) is 0 Å². The van der Waals surface area contributed by atoms with Crippen molar-refractivity contribution < 1.29 is 4.74 Å². The number of alkyl halides is 1. The Morgan fingerprint density at radius 1 is 1.19 bits per heavy atom. The lowest BCUT2D eigenvalue weighted by molar-refractivity contribution is 0.452. The van der Waals surface area contributed by atoms with E-state index in [2.05, 4.69) is 9.97 Å². The number of hydrogen-bond acceptors (Lipinski definition) is 3. The van der Waals surface area contributed by atoms with Crippen molar-refractivity contribution in [3.63, 3.8) is 0 Å². The summed E-state index contributed by atoms with van der Waals surface area (Å²) in [6.45, 7) is 1.89. The molecule has 0 spiro atoms. The van der Waals surface area contributed by atoms with Crippen LogP contribution in [0.3, 0.4) is 0 Å². The van der Waals surface area contributed by atoms with E-state index >= 15 is 0 Å². The van der Waals surface area contributed by atoms with Gasteiger partial charge in [-0.3, -0.25) is 4.98 Å². The number of hydrogen-bond donors (Lipinski definition) is 0. The largest absolute Gasteiger partial charge is 0.437 e. The molecule has 2 aromatic rings. The lowest BCUT2D eigenvalue weighted by Crippen LogP contribution is -1.95. The zero-order valence-electron chi connectivity index (χ0n) is 8.85. The highest BCUT2D eigenvalue weighted by molar-refractivity contribution is 6.17. The fourth-order valence-electron chi connectivity index (χ4n) is 1.30. The molecular formula is C12H11ClN2O. The zero-order chi connectivity index (χ0) is 11.4. The van der Waals surface area contributed by atoms with Crippen molar-refractivity contribution in [3.8, 4) is 11.6 Å². The Balaban J connectivity index is 2.30. The second-order valence-corrected chi connectivity index (χ2v) is 3.56. The van der Waals surface area contributed by atoms with Crippen molar-refractivity contribution in [3.05, 3.63) is 47.9 Å². The molecule has 0 fully saturated rings. The number of aromatic nitrogens is 2. The Kier molecular flexibility index (Phi) is 3.37. The summed E-state index contributed by atoms with van der Waals surface area (Å²) in [5.74, 6) is 1.61. The van der Waals surface area contributed by atoms with E-state index in [0.29, 0.717) is 17.5 Å². The molecule has 0 saturated heterocycles. The Morgan fingerprint density at radius 3 is 2.69 bits per heavy atom. The summed E-state index contributed by atoms with van der Waals surface area (Å²) in [5, 5.41) is 0. The molecule has 0 unspecified atom stereocenters. The minimum absolute atomic E-state index is 0.377.